The molecule has 1 aliphatic rings. The number of carbonyl (C=O) groups excluding carboxylic acids is 2. The van der Waals surface area contributed by atoms with Gasteiger partial charge >= 0.3 is 0 Å². The molecule has 1 aliphatic heterocycles. The van der Waals surface area contributed by atoms with Crippen LogP contribution in [-0.2, 0) is 20.9 Å². The van der Waals surface area contributed by atoms with Gasteiger partial charge in [-0.15, -0.1) is 0 Å². The Hall–Kier alpha value is -2.67. The zero-order chi connectivity index (χ0) is 19.6. The largest absolute Gasteiger partial charge is 0.356 e. The summed E-state index contributed by atoms with van der Waals surface area (Å²) in [6.45, 7) is 6.30. The van der Waals surface area contributed by atoms with E-state index < -0.39 is 12.1 Å². The first-order valence-electron chi connectivity index (χ1n) is 9.12. The summed E-state index contributed by atoms with van der Waals surface area (Å²) < 4.78 is 7.67. The maximum atomic E-state index is 12.9. The molecule has 0 radical (unpaired) electrons. The molecule has 7 heteroatoms. The number of hydrogen-bond acceptors (Lipinski definition) is 4. The van der Waals surface area contributed by atoms with Crippen LogP contribution in [0, 0.1) is 6.92 Å². The average Bonchev–Trinajstić information content (AvgIpc) is 3.11. The molecule has 3 rings (SSSR count). The maximum Gasteiger partial charge on any atom is 0.252 e. The minimum atomic E-state index is -0.767. The third kappa shape index (κ3) is 3.88. The van der Waals surface area contributed by atoms with Gasteiger partial charge in [-0.05, 0) is 31.9 Å². The summed E-state index contributed by atoms with van der Waals surface area (Å²) >= 11 is 0. The van der Waals surface area contributed by atoms with Crippen molar-refractivity contribution in [3.05, 3.63) is 53.6 Å². The summed E-state index contributed by atoms with van der Waals surface area (Å²) in [5.74, 6) is 0.398. The first kappa shape index (κ1) is 19.1. The van der Waals surface area contributed by atoms with Crippen molar-refractivity contribution in [2.45, 2.75) is 45.5 Å². The summed E-state index contributed by atoms with van der Waals surface area (Å²) in [5.41, 5.74) is 1.93. The first-order valence-corrected chi connectivity index (χ1v) is 9.12. The zero-order valence-corrected chi connectivity index (χ0v) is 16.2. The van der Waals surface area contributed by atoms with Crippen LogP contribution < -0.4 is 5.32 Å². The van der Waals surface area contributed by atoms with Gasteiger partial charge in [-0.25, -0.2) is 4.98 Å². The number of benzene rings is 1. The van der Waals surface area contributed by atoms with Crippen LogP contribution in [0.2, 0.25) is 0 Å². The number of likely N-dealkylation sites (N-methyl/N-ethyl adjacent to an activating group) is 1. The fraction of sp³-hybridized carbons (Fsp3) is 0.450. The van der Waals surface area contributed by atoms with Gasteiger partial charge in [0.25, 0.3) is 5.91 Å². The summed E-state index contributed by atoms with van der Waals surface area (Å²) in [6, 6.07) is 7.54. The second kappa shape index (κ2) is 7.92. The second-order valence-electron chi connectivity index (χ2n) is 7.10. The Morgan fingerprint density at radius 3 is 2.81 bits per heavy atom. The van der Waals surface area contributed by atoms with Crippen LogP contribution in [0.3, 0.4) is 0 Å². The summed E-state index contributed by atoms with van der Waals surface area (Å²) in [4.78, 5) is 31.0. The smallest absolute Gasteiger partial charge is 0.252 e. The van der Waals surface area contributed by atoms with E-state index in [1.807, 2.05) is 42.0 Å². The fourth-order valence-corrected chi connectivity index (χ4v) is 3.44. The number of amides is 2. The highest BCUT2D eigenvalue weighted by Gasteiger charge is 2.40. The fourth-order valence-electron chi connectivity index (χ4n) is 3.44. The molecule has 2 amide bonds. The molecule has 2 heterocycles. The Balaban J connectivity index is 1.80. The van der Waals surface area contributed by atoms with Gasteiger partial charge in [0.1, 0.15) is 12.4 Å². The van der Waals surface area contributed by atoms with Crippen LogP contribution in [0.5, 0.6) is 0 Å². The molecule has 0 aliphatic carbocycles. The van der Waals surface area contributed by atoms with Crippen LogP contribution >= 0.6 is 0 Å². The minimum Gasteiger partial charge on any atom is -0.356 e. The SMILES string of the molecule is Cc1ccccc1[C@@H]1[C@@H](C(=O)NCc2nccn2C(C)C)OCC(=O)N1C. The summed E-state index contributed by atoms with van der Waals surface area (Å²) in [5, 5.41) is 2.92. The predicted molar refractivity (Wildman–Crippen MR) is 101 cm³/mol. The molecule has 0 spiro atoms. The van der Waals surface area contributed by atoms with Crippen molar-refractivity contribution < 1.29 is 14.3 Å². The highest BCUT2D eigenvalue weighted by Crippen LogP contribution is 2.31. The molecule has 0 unspecified atom stereocenters. The number of imidazole rings is 1. The number of nitrogens with one attached hydrogen (secondary N) is 1. The van der Waals surface area contributed by atoms with Gasteiger partial charge in [0.2, 0.25) is 5.91 Å². The van der Waals surface area contributed by atoms with Crippen molar-refractivity contribution in [2.24, 2.45) is 0 Å². The molecule has 0 bridgehead atoms. The van der Waals surface area contributed by atoms with Crippen molar-refractivity contribution in [1.82, 2.24) is 19.8 Å². The van der Waals surface area contributed by atoms with Crippen LogP contribution in [0.1, 0.15) is 42.9 Å². The van der Waals surface area contributed by atoms with Crippen LogP contribution in [0.25, 0.3) is 0 Å². The van der Waals surface area contributed by atoms with E-state index in [-0.39, 0.29) is 24.5 Å². The van der Waals surface area contributed by atoms with Crippen molar-refractivity contribution in [3.8, 4) is 0 Å². The third-order valence-corrected chi connectivity index (χ3v) is 4.98. The van der Waals surface area contributed by atoms with E-state index in [9.17, 15) is 9.59 Å². The average molecular weight is 370 g/mol. The van der Waals surface area contributed by atoms with E-state index >= 15 is 0 Å². The Kier molecular flexibility index (Phi) is 5.60. The molecule has 1 aromatic heterocycles. The second-order valence-corrected chi connectivity index (χ2v) is 7.10. The molecule has 1 fully saturated rings. The molecule has 7 nitrogen and oxygen atoms in total. The van der Waals surface area contributed by atoms with Crippen molar-refractivity contribution in [1.29, 1.82) is 0 Å². The van der Waals surface area contributed by atoms with Gasteiger partial charge < -0.3 is 19.5 Å². The number of aromatic nitrogens is 2. The molecule has 2 atom stereocenters. The Labute approximate surface area is 159 Å². The van der Waals surface area contributed by atoms with Gasteiger partial charge in [-0.1, -0.05) is 24.3 Å². The lowest BCUT2D eigenvalue weighted by atomic mass is 9.94. The highest BCUT2D eigenvalue weighted by molar-refractivity contribution is 5.86. The van der Waals surface area contributed by atoms with Gasteiger partial charge in [-0.3, -0.25) is 9.59 Å². The van der Waals surface area contributed by atoms with E-state index in [0.717, 1.165) is 17.0 Å². The number of rotatable bonds is 5. The highest BCUT2D eigenvalue weighted by atomic mass is 16.5. The predicted octanol–water partition coefficient (Wildman–Crippen LogP) is 1.99. The lowest BCUT2D eigenvalue weighted by molar-refractivity contribution is -0.162. The topological polar surface area (TPSA) is 76.5 Å². The zero-order valence-electron chi connectivity index (χ0n) is 16.2. The molecule has 27 heavy (non-hydrogen) atoms. The lowest BCUT2D eigenvalue weighted by Crippen LogP contribution is -2.53. The van der Waals surface area contributed by atoms with E-state index in [0.29, 0.717) is 6.54 Å². The van der Waals surface area contributed by atoms with Gasteiger partial charge in [0.15, 0.2) is 6.10 Å². The van der Waals surface area contributed by atoms with E-state index in [2.05, 4.69) is 24.1 Å². The molecule has 144 valence electrons. The van der Waals surface area contributed by atoms with E-state index in [1.54, 1.807) is 18.1 Å². The Bertz CT molecular complexity index is 830. The number of ether oxygens (including phenoxy) is 1. The van der Waals surface area contributed by atoms with E-state index in [1.165, 1.54) is 0 Å². The summed E-state index contributed by atoms with van der Waals surface area (Å²) in [6.07, 6.45) is 2.85. The maximum absolute atomic E-state index is 12.9. The lowest BCUT2D eigenvalue weighted by Gasteiger charge is -2.38. The van der Waals surface area contributed by atoms with Gasteiger partial charge in [0.05, 0.1) is 12.6 Å². The standard InChI is InChI=1S/C20H26N4O3/c1-13(2)24-10-9-21-16(24)11-22-20(26)19-18(23(4)17(25)12-27-19)15-8-6-5-7-14(15)3/h5-10,13,18-19H,11-12H2,1-4H3,(H,22,26)/t18-,19+/m1/s1. The minimum absolute atomic E-state index is 0.0996. The molecular formula is C20H26N4O3. The molecular weight excluding hydrogens is 344 g/mol. The summed E-state index contributed by atoms with van der Waals surface area (Å²) in [7, 11) is 1.72. The number of morpholine rings is 1. The van der Waals surface area contributed by atoms with Crippen molar-refractivity contribution in [3.63, 3.8) is 0 Å². The number of hydrogen-bond donors (Lipinski definition) is 1. The van der Waals surface area contributed by atoms with Crippen molar-refractivity contribution in [2.75, 3.05) is 13.7 Å². The monoisotopic (exact) mass is 370 g/mol. The van der Waals surface area contributed by atoms with Gasteiger partial charge in [-0.2, -0.15) is 0 Å². The molecule has 0 saturated carbocycles. The molecule has 2 aromatic rings. The van der Waals surface area contributed by atoms with Crippen molar-refractivity contribution >= 4 is 11.8 Å². The Morgan fingerprint density at radius 1 is 1.37 bits per heavy atom. The molecule has 1 aromatic carbocycles. The number of carbonyl (C=O) groups is 2. The molecule has 1 N–H and O–H groups in total. The number of nitrogens with zero attached hydrogens (tertiary/aromatic N) is 3. The Morgan fingerprint density at radius 2 is 2.11 bits per heavy atom. The van der Waals surface area contributed by atoms with Crippen LogP contribution in [0.4, 0.5) is 0 Å². The number of aryl methyl sites for hydroxylation is 1. The van der Waals surface area contributed by atoms with Crippen LogP contribution in [0.15, 0.2) is 36.7 Å². The molecule has 1 saturated heterocycles. The van der Waals surface area contributed by atoms with E-state index in [4.69, 9.17) is 4.74 Å². The first-order chi connectivity index (χ1) is 12.9. The quantitative estimate of drug-likeness (QED) is 0.873. The third-order valence-electron chi connectivity index (χ3n) is 4.98. The van der Waals surface area contributed by atoms with Crippen LogP contribution in [-0.4, -0.2) is 46.0 Å². The van der Waals surface area contributed by atoms with Gasteiger partial charge in [0, 0.05) is 25.5 Å². The normalized spacial score (nSPS) is 20.2.